The molecule has 2 aromatic rings. The van der Waals surface area contributed by atoms with Crippen molar-refractivity contribution < 1.29 is 14.3 Å². The first-order valence-electron chi connectivity index (χ1n) is 6.15. The van der Waals surface area contributed by atoms with Crippen LogP contribution in [0.2, 0.25) is 0 Å². The Morgan fingerprint density at radius 1 is 1.00 bits per heavy atom. The molecular formula is C15H17O3P. The molecule has 0 fully saturated rings. The third-order valence-electron chi connectivity index (χ3n) is 3.02. The second-order valence-electron chi connectivity index (χ2n) is 4.50. The zero-order chi connectivity index (χ0) is 13.7. The van der Waals surface area contributed by atoms with Gasteiger partial charge in [-0.3, -0.25) is 0 Å². The second-order valence-corrected chi connectivity index (χ2v) is 5.19. The monoisotopic (exact) mass is 276 g/mol. The fraction of sp³-hybridized carbons (Fsp3) is 0.200. The van der Waals surface area contributed by atoms with E-state index in [9.17, 15) is 0 Å². The molecule has 0 aromatic heterocycles. The van der Waals surface area contributed by atoms with E-state index in [1.807, 2.05) is 30.3 Å². The van der Waals surface area contributed by atoms with E-state index in [2.05, 4.69) is 19.1 Å². The Morgan fingerprint density at radius 3 is 2.21 bits per heavy atom. The summed E-state index contributed by atoms with van der Waals surface area (Å²) in [7, 11) is -2.34. The second kappa shape index (κ2) is 6.67. The van der Waals surface area contributed by atoms with Crippen molar-refractivity contribution in [2.45, 2.75) is 19.3 Å². The van der Waals surface area contributed by atoms with Crippen LogP contribution in [0.1, 0.15) is 24.0 Å². The fourth-order valence-corrected chi connectivity index (χ4v) is 2.34. The molecule has 0 radical (unpaired) electrons. The fourth-order valence-electron chi connectivity index (χ4n) is 2.03. The van der Waals surface area contributed by atoms with Gasteiger partial charge in [-0.1, -0.05) is 49.4 Å². The van der Waals surface area contributed by atoms with Gasteiger partial charge >= 0.3 is 8.60 Å². The number of benzene rings is 2. The molecule has 0 amide bonds. The van der Waals surface area contributed by atoms with Crippen molar-refractivity contribution in [2.24, 2.45) is 0 Å². The van der Waals surface area contributed by atoms with E-state index in [1.54, 1.807) is 12.1 Å². The molecule has 0 saturated carbocycles. The SMILES string of the molecule is CC(Cc1ccc(OP(O)O)cc1)c1ccccc1. The van der Waals surface area contributed by atoms with Gasteiger partial charge in [0.15, 0.2) is 0 Å². The molecule has 0 spiro atoms. The molecule has 0 heterocycles. The molecule has 1 unspecified atom stereocenters. The predicted molar refractivity (Wildman–Crippen MR) is 77.0 cm³/mol. The summed E-state index contributed by atoms with van der Waals surface area (Å²) < 4.78 is 4.83. The molecule has 0 bridgehead atoms. The van der Waals surface area contributed by atoms with E-state index in [0.29, 0.717) is 11.7 Å². The topological polar surface area (TPSA) is 49.7 Å². The summed E-state index contributed by atoms with van der Waals surface area (Å²) in [6, 6.07) is 17.8. The Morgan fingerprint density at radius 2 is 1.63 bits per heavy atom. The van der Waals surface area contributed by atoms with Crippen LogP contribution in [-0.2, 0) is 6.42 Å². The molecule has 0 saturated heterocycles. The van der Waals surface area contributed by atoms with Crippen molar-refractivity contribution in [2.75, 3.05) is 0 Å². The van der Waals surface area contributed by atoms with E-state index in [4.69, 9.17) is 14.3 Å². The van der Waals surface area contributed by atoms with Crippen LogP contribution in [0, 0.1) is 0 Å². The molecule has 3 nitrogen and oxygen atoms in total. The predicted octanol–water partition coefficient (Wildman–Crippen LogP) is 3.62. The van der Waals surface area contributed by atoms with Gasteiger partial charge in [-0.2, -0.15) is 0 Å². The lowest BCUT2D eigenvalue weighted by atomic mass is 9.94. The minimum absolute atomic E-state index is 0.445. The lowest BCUT2D eigenvalue weighted by Crippen LogP contribution is -1.98. The Labute approximate surface area is 114 Å². The average Bonchev–Trinajstić information content (AvgIpc) is 2.41. The van der Waals surface area contributed by atoms with Gasteiger partial charge in [0.1, 0.15) is 5.75 Å². The van der Waals surface area contributed by atoms with Crippen molar-refractivity contribution in [3.05, 3.63) is 65.7 Å². The first-order chi connectivity index (χ1) is 9.15. The van der Waals surface area contributed by atoms with Gasteiger partial charge in [-0.25, -0.2) is 0 Å². The van der Waals surface area contributed by atoms with Crippen molar-refractivity contribution in [3.63, 3.8) is 0 Å². The Balaban J connectivity index is 1.99. The maximum atomic E-state index is 8.77. The highest BCUT2D eigenvalue weighted by atomic mass is 31.2. The first-order valence-corrected chi connectivity index (χ1v) is 7.31. The number of hydrogen-bond acceptors (Lipinski definition) is 3. The van der Waals surface area contributed by atoms with Gasteiger partial charge in [0.05, 0.1) is 0 Å². The molecule has 4 heteroatoms. The average molecular weight is 276 g/mol. The molecule has 0 aliphatic rings. The quantitative estimate of drug-likeness (QED) is 0.820. The van der Waals surface area contributed by atoms with Crippen LogP contribution in [0.5, 0.6) is 5.75 Å². The lowest BCUT2D eigenvalue weighted by molar-refractivity contribution is 0.375. The molecule has 19 heavy (non-hydrogen) atoms. The van der Waals surface area contributed by atoms with Crippen LogP contribution >= 0.6 is 8.60 Å². The number of rotatable bonds is 5. The molecule has 100 valence electrons. The third kappa shape index (κ3) is 4.32. The summed E-state index contributed by atoms with van der Waals surface area (Å²) in [6.45, 7) is 2.19. The highest BCUT2D eigenvalue weighted by Crippen LogP contribution is 2.29. The van der Waals surface area contributed by atoms with E-state index in [-0.39, 0.29) is 0 Å². The highest BCUT2D eigenvalue weighted by molar-refractivity contribution is 7.39. The Bertz CT molecular complexity index is 497. The summed E-state index contributed by atoms with van der Waals surface area (Å²) in [5.74, 6) is 0.924. The summed E-state index contributed by atoms with van der Waals surface area (Å²) in [6.07, 6.45) is 0.942. The smallest absolute Gasteiger partial charge is 0.391 e. The van der Waals surface area contributed by atoms with Crippen LogP contribution < -0.4 is 4.52 Å². The molecule has 2 N–H and O–H groups in total. The van der Waals surface area contributed by atoms with Crippen molar-refractivity contribution in [1.82, 2.24) is 0 Å². The Kier molecular flexibility index (Phi) is 4.92. The lowest BCUT2D eigenvalue weighted by Gasteiger charge is -2.12. The first kappa shape index (κ1) is 14.0. The van der Waals surface area contributed by atoms with Gasteiger partial charge < -0.3 is 14.3 Å². The summed E-state index contributed by atoms with van der Waals surface area (Å²) in [5, 5.41) is 0. The minimum Gasteiger partial charge on any atom is -0.427 e. The van der Waals surface area contributed by atoms with Gasteiger partial charge in [-0.15, -0.1) is 0 Å². The van der Waals surface area contributed by atoms with Crippen LogP contribution in [0.25, 0.3) is 0 Å². The molecule has 2 rings (SSSR count). The maximum Gasteiger partial charge on any atom is 0.391 e. The molecule has 2 aromatic carbocycles. The van der Waals surface area contributed by atoms with Crippen molar-refractivity contribution in [3.8, 4) is 5.75 Å². The molecular weight excluding hydrogens is 259 g/mol. The van der Waals surface area contributed by atoms with Gasteiger partial charge in [0.25, 0.3) is 0 Å². The highest BCUT2D eigenvalue weighted by Gasteiger charge is 2.07. The molecule has 0 aliphatic carbocycles. The number of hydrogen-bond donors (Lipinski definition) is 2. The normalized spacial score (nSPS) is 12.4. The minimum atomic E-state index is -2.34. The zero-order valence-electron chi connectivity index (χ0n) is 10.7. The van der Waals surface area contributed by atoms with Crippen LogP contribution in [0.15, 0.2) is 54.6 Å². The van der Waals surface area contributed by atoms with E-state index >= 15 is 0 Å². The zero-order valence-corrected chi connectivity index (χ0v) is 11.6. The van der Waals surface area contributed by atoms with Crippen LogP contribution in [-0.4, -0.2) is 9.79 Å². The van der Waals surface area contributed by atoms with Crippen LogP contribution in [0.3, 0.4) is 0 Å². The van der Waals surface area contributed by atoms with Crippen LogP contribution in [0.4, 0.5) is 0 Å². The third-order valence-corrected chi connectivity index (χ3v) is 3.40. The van der Waals surface area contributed by atoms with E-state index in [1.165, 1.54) is 11.1 Å². The van der Waals surface area contributed by atoms with Gasteiger partial charge in [0.2, 0.25) is 0 Å². The van der Waals surface area contributed by atoms with Crippen molar-refractivity contribution >= 4 is 8.60 Å². The summed E-state index contributed by atoms with van der Waals surface area (Å²) in [4.78, 5) is 17.5. The maximum absolute atomic E-state index is 8.77. The summed E-state index contributed by atoms with van der Waals surface area (Å²) >= 11 is 0. The summed E-state index contributed by atoms with van der Waals surface area (Å²) in [5.41, 5.74) is 2.51. The van der Waals surface area contributed by atoms with E-state index in [0.717, 1.165) is 6.42 Å². The van der Waals surface area contributed by atoms with Gasteiger partial charge in [-0.05, 0) is 35.6 Å². The van der Waals surface area contributed by atoms with Gasteiger partial charge in [0, 0.05) is 0 Å². The standard InChI is InChI=1S/C15H17O3P/c1-12(14-5-3-2-4-6-14)11-13-7-9-15(10-8-13)18-19(16)17/h2-10,12,16-17H,11H2,1H3. The largest absolute Gasteiger partial charge is 0.427 e. The molecule has 1 atom stereocenters. The molecule has 0 aliphatic heterocycles. The Hall–Kier alpha value is -1.41. The van der Waals surface area contributed by atoms with Crippen molar-refractivity contribution in [1.29, 1.82) is 0 Å². The van der Waals surface area contributed by atoms with E-state index < -0.39 is 8.60 Å².